The van der Waals surface area contributed by atoms with Gasteiger partial charge in [-0.3, -0.25) is 0 Å². The largest absolute Gasteiger partial charge is 0.375 e. The molecule has 0 amide bonds. The minimum Gasteiger partial charge on any atom is -0.375 e. The van der Waals surface area contributed by atoms with Crippen molar-refractivity contribution in [2.24, 2.45) is 0 Å². The van der Waals surface area contributed by atoms with Crippen LogP contribution >= 0.6 is 0 Å². The first-order valence-electron chi connectivity index (χ1n) is 4.85. The number of H-pyrrole nitrogens is 1. The van der Waals surface area contributed by atoms with Crippen molar-refractivity contribution in [3.8, 4) is 11.3 Å². The van der Waals surface area contributed by atoms with Crippen molar-refractivity contribution >= 4 is 11.6 Å². The summed E-state index contributed by atoms with van der Waals surface area (Å²) in [6.45, 7) is 0. The number of rotatable bonds is 2. The molecule has 0 aliphatic heterocycles. The lowest BCUT2D eigenvalue weighted by Gasteiger charge is -2.13. The van der Waals surface area contributed by atoms with Gasteiger partial charge in [-0.15, -0.1) is 0 Å². The molecule has 0 spiro atoms. The topological polar surface area (TPSA) is 57.9 Å². The molecule has 0 aliphatic rings. The molecule has 4 nitrogen and oxygen atoms in total. The quantitative estimate of drug-likeness (QED) is 0.812. The van der Waals surface area contributed by atoms with Crippen LogP contribution in [0.25, 0.3) is 11.3 Å². The van der Waals surface area contributed by atoms with E-state index in [1.165, 1.54) is 6.07 Å². The monoisotopic (exact) mass is 220 g/mol. The van der Waals surface area contributed by atoms with E-state index in [0.29, 0.717) is 17.3 Å². The van der Waals surface area contributed by atoms with Gasteiger partial charge in [-0.1, -0.05) is 6.07 Å². The predicted molar refractivity (Wildman–Crippen MR) is 62.7 cm³/mol. The van der Waals surface area contributed by atoms with Crippen LogP contribution in [0.3, 0.4) is 0 Å². The highest BCUT2D eigenvalue weighted by Gasteiger charge is 2.07. The number of aromatic nitrogens is 2. The van der Waals surface area contributed by atoms with E-state index in [-0.39, 0.29) is 5.82 Å². The van der Waals surface area contributed by atoms with Crippen LogP contribution in [0, 0.1) is 5.82 Å². The van der Waals surface area contributed by atoms with E-state index in [9.17, 15) is 4.39 Å². The summed E-state index contributed by atoms with van der Waals surface area (Å²) < 4.78 is 13.7. The molecule has 0 saturated carbocycles. The normalized spacial score (nSPS) is 10.4. The molecule has 0 saturated heterocycles. The smallest absolute Gasteiger partial charge is 0.197 e. The van der Waals surface area contributed by atoms with Crippen LogP contribution in [0.4, 0.5) is 16.0 Å². The van der Waals surface area contributed by atoms with Gasteiger partial charge in [-0.2, -0.15) is 0 Å². The summed E-state index contributed by atoms with van der Waals surface area (Å²) in [5.41, 5.74) is 7.45. The van der Waals surface area contributed by atoms with Gasteiger partial charge in [-0.25, -0.2) is 9.37 Å². The minimum absolute atomic E-state index is 0.268. The highest BCUT2D eigenvalue weighted by atomic mass is 19.1. The first-order chi connectivity index (χ1) is 7.58. The van der Waals surface area contributed by atoms with E-state index in [1.54, 1.807) is 31.3 Å². The van der Waals surface area contributed by atoms with Crippen molar-refractivity contribution in [2.75, 3.05) is 24.7 Å². The zero-order valence-electron chi connectivity index (χ0n) is 9.16. The van der Waals surface area contributed by atoms with Crippen molar-refractivity contribution in [3.63, 3.8) is 0 Å². The number of aromatic amines is 1. The average Bonchev–Trinajstić information content (AvgIpc) is 2.64. The third-order valence-electron chi connectivity index (χ3n) is 2.34. The lowest BCUT2D eigenvalue weighted by molar-refractivity contribution is 0.626. The van der Waals surface area contributed by atoms with Crippen molar-refractivity contribution in [2.45, 2.75) is 0 Å². The Morgan fingerprint density at radius 1 is 1.38 bits per heavy atom. The molecule has 0 fully saturated rings. The predicted octanol–water partition coefficient (Wildman–Crippen LogP) is 1.86. The third-order valence-corrected chi connectivity index (χ3v) is 2.34. The van der Waals surface area contributed by atoms with Gasteiger partial charge in [0, 0.05) is 19.7 Å². The summed E-state index contributed by atoms with van der Waals surface area (Å²) in [6, 6.07) is 5.01. The standard InChI is InChI=1S/C11H13FN4/c1-16(2)10-4-3-7(5-8(10)12)9-6-14-11(13)15-9/h3-6H,1-2H3,(H3,13,14,15). The first-order valence-corrected chi connectivity index (χ1v) is 4.85. The molecule has 2 rings (SSSR count). The van der Waals surface area contributed by atoms with Gasteiger partial charge in [-0.05, 0) is 12.1 Å². The zero-order valence-corrected chi connectivity index (χ0v) is 9.16. The number of nitrogens with one attached hydrogen (secondary N) is 1. The lowest BCUT2D eigenvalue weighted by Crippen LogP contribution is -2.10. The second-order valence-electron chi connectivity index (χ2n) is 3.74. The van der Waals surface area contributed by atoms with Crippen LogP contribution < -0.4 is 10.6 Å². The molecule has 2 aromatic rings. The molecule has 0 radical (unpaired) electrons. The number of nitrogens with two attached hydrogens (primary N) is 1. The summed E-state index contributed by atoms with van der Waals surface area (Å²) in [6.07, 6.45) is 1.58. The van der Waals surface area contributed by atoms with Crippen LogP contribution in [0.1, 0.15) is 0 Å². The van der Waals surface area contributed by atoms with Gasteiger partial charge in [0.2, 0.25) is 0 Å². The Labute approximate surface area is 92.9 Å². The van der Waals surface area contributed by atoms with Gasteiger partial charge < -0.3 is 15.6 Å². The minimum atomic E-state index is -0.268. The number of imidazole rings is 1. The molecule has 3 N–H and O–H groups in total. The number of hydrogen-bond acceptors (Lipinski definition) is 3. The Morgan fingerprint density at radius 2 is 2.12 bits per heavy atom. The lowest BCUT2D eigenvalue weighted by atomic mass is 10.1. The molecule has 1 aromatic carbocycles. The SMILES string of the molecule is CN(C)c1ccc(-c2cnc(N)[nH]2)cc1F. The first kappa shape index (κ1) is 10.5. The summed E-state index contributed by atoms with van der Waals surface area (Å²) in [4.78, 5) is 8.45. The molecule has 0 unspecified atom stereocenters. The molecule has 5 heteroatoms. The zero-order chi connectivity index (χ0) is 11.7. The average molecular weight is 220 g/mol. The van der Waals surface area contributed by atoms with E-state index >= 15 is 0 Å². The maximum absolute atomic E-state index is 13.7. The highest BCUT2D eigenvalue weighted by molar-refractivity contribution is 5.64. The fourth-order valence-corrected chi connectivity index (χ4v) is 1.52. The second kappa shape index (κ2) is 3.84. The van der Waals surface area contributed by atoms with Gasteiger partial charge >= 0.3 is 0 Å². The number of anilines is 2. The van der Waals surface area contributed by atoms with E-state index in [0.717, 1.165) is 5.56 Å². The Hall–Kier alpha value is -2.04. The van der Waals surface area contributed by atoms with Crippen LogP contribution in [0.15, 0.2) is 24.4 Å². The van der Waals surface area contributed by atoms with E-state index in [2.05, 4.69) is 9.97 Å². The van der Waals surface area contributed by atoms with E-state index in [4.69, 9.17) is 5.73 Å². The van der Waals surface area contributed by atoms with Gasteiger partial charge in [0.15, 0.2) is 5.95 Å². The number of nitrogens with zero attached hydrogens (tertiary/aromatic N) is 2. The molecule has 16 heavy (non-hydrogen) atoms. The highest BCUT2D eigenvalue weighted by Crippen LogP contribution is 2.24. The van der Waals surface area contributed by atoms with Crippen molar-refractivity contribution in [1.29, 1.82) is 0 Å². The number of benzene rings is 1. The van der Waals surface area contributed by atoms with Crippen LogP contribution in [-0.2, 0) is 0 Å². The summed E-state index contributed by atoms with van der Waals surface area (Å²) in [7, 11) is 3.60. The number of halogens is 1. The molecule has 1 aromatic heterocycles. The molecular formula is C11H13FN4. The van der Waals surface area contributed by atoms with Gasteiger partial charge in [0.05, 0.1) is 17.6 Å². The molecule has 1 heterocycles. The number of nitrogen functional groups attached to an aromatic ring is 1. The molecule has 0 bridgehead atoms. The van der Waals surface area contributed by atoms with Gasteiger partial charge in [0.1, 0.15) is 5.82 Å². The molecular weight excluding hydrogens is 207 g/mol. The maximum atomic E-state index is 13.7. The molecule has 0 atom stereocenters. The van der Waals surface area contributed by atoms with Gasteiger partial charge in [0.25, 0.3) is 0 Å². The summed E-state index contributed by atoms with van der Waals surface area (Å²) in [5, 5.41) is 0. The van der Waals surface area contributed by atoms with Crippen LogP contribution in [0.2, 0.25) is 0 Å². The summed E-state index contributed by atoms with van der Waals surface area (Å²) in [5.74, 6) is 0.0581. The van der Waals surface area contributed by atoms with E-state index < -0.39 is 0 Å². The summed E-state index contributed by atoms with van der Waals surface area (Å²) >= 11 is 0. The van der Waals surface area contributed by atoms with Crippen molar-refractivity contribution in [1.82, 2.24) is 9.97 Å². The third kappa shape index (κ3) is 1.84. The number of hydrogen-bond donors (Lipinski definition) is 2. The Morgan fingerprint density at radius 3 is 2.62 bits per heavy atom. The maximum Gasteiger partial charge on any atom is 0.197 e. The Kier molecular flexibility index (Phi) is 2.52. The Balaban J connectivity index is 2.42. The van der Waals surface area contributed by atoms with Crippen molar-refractivity contribution in [3.05, 3.63) is 30.2 Å². The van der Waals surface area contributed by atoms with Crippen LogP contribution in [-0.4, -0.2) is 24.1 Å². The van der Waals surface area contributed by atoms with Crippen molar-refractivity contribution < 1.29 is 4.39 Å². The molecule has 84 valence electrons. The Bertz CT molecular complexity index is 504. The fraction of sp³-hybridized carbons (Fsp3) is 0.182. The molecule has 0 aliphatic carbocycles. The second-order valence-corrected chi connectivity index (χ2v) is 3.74. The fourth-order valence-electron chi connectivity index (χ4n) is 1.52. The van der Waals surface area contributed by atoms with E-state index in [1.807, 2.05) is 6.07 Å². The van der Waals surface area contributed by atoms with Crippen LogP contribution in [0.5, 0.6) is 0 Å².